The number of halogens is 2. The van der Waals surface area contributed by atoms with E-state index in [1.54, 1.807) is 52.2 Å². The topological polar surface area (TPSA) is 53.4 Å². The Kier molecular flexibility index (Phi) is 7.36. The van der Waals surface area contributed by atoms with Crippen LogP contribution in [-0.2, 0) is 13.6 Å². The molecular formula is C23H27F2N5O. The van der Waals surface area contributed by atoms with Gasteiger partial charge in [-0.15, -0.1) is 0 Å². The highest BCUT2D eigenvalue weighted by Gasteiger charge is 2.24. The summed E-state index contributed by atoms with van der Waals surface area (Å²) in [6, 6.07) is 11.4. The molecular weight excluding hydrogens is 400 g/mol. The Bertz CT molecular complexity index is 1020. The highest BCUT2D eigenvalue weighted by Crippen LogP contribution is 2.22. The number of carbonyl (C=O) groups is 1. The van der Waals surface area contributed by atoms with E-state index in [4.69, 9.17) is 0 Å². The number of aromatic nitrogens is 2. The van der Waals surface area contributed by atoms with Gasteiger partial charge in [-0.3, -0.25) is 0 Å². The second kappa shape index (κ2) is 10.2. The van der Waals surface area contributed by atoms with Gasteiger partial charge in [0.2, 0.25) is 0 Å². The number of aryl methyl sites for hydroxylation is 1. The van der Waals surface area contributed by atoms with Crippen molar-refractivity contribution in [3.63, 3.8) is 0 Å². The van der Waals surface area contributed by atoms with Gasteiger partial charge in [0.15, 0.2) is 0 Å². The van der Waals surface area contributed by atoms with Gasteiger partial charge in [0.1, 0.15) is 23.5 Å². The first-order chi connectivity index (χ1) is 14.8. The monoisotopic (exact) mass is 427 g/mol. The second-order valence-corrected chi connectivity index (χ2v) is 7.65. The third-order valence-corrected chi connectivity index (χ3v) is 4.99. The highest BCUT2D eigenvalue weighted by atomic mass is 19.1. The van der Waals surface area contributed by atoms with Gasteiger partial charge in [-0.05, 0) is 37.9 Å². The predicted octanol–water partition coefficient (Wildman–Crippen LogP) is 3.56. The average Bonchev–Trinajstić information content (AvgIpc) is 3.15. The van der Waals surface area contributed by atoms with E-state index in [0.717, 1.165) is 0 Å². The van der Waals surface area contributed by atoms with E-state index in [0.29, 0.717) is 30.0 Å². The van der Waals surface area contributed by atoms with Gasteiger partial charge < -0.3 is 19.7 Å². The van der Waals surface area contributed by atoms with Gasteiger partial charge in [-0.1, -0.05) is 30.3 Å². The Morgan fingerprint density at radius 3 is 2.55 bits per heavy atom. The van der Waals surface area contributed by atoms with Crippen LogP contribution in [0.4, 0.5) is 13.6 Å². The number of hydrogen-bond donors (Lipinski definition) is 1. The fraction of sp³-hybridized carbons (Fsp3) is 0.304. The van der Waals surface area contributed by atoms with Crippen molar-refractivity contribution in [2.75, 3.05) is 27.2 Å². The predicted molar refractivity (Wildman–Crippen MR) is 115 cm³/mol. The molecule has 2 amide bonds. The molecule has 0 bridgehead atoms. The van der Waals surface area contributed by atoms with Gasteiger partial charge in [0.05, 0.1) is 6.54 Å². The van der Waals surface area contributed by atoms with Crippen LogP contribution in [0.2, 0.25) is 0 Å². The Morgan fingerprint density at radius 2 is 1.90 bits per heavy atom. The molecule has 3 rings (SSSR count). The minimum absolute atomic E-state index is 0.114. The van der Waals surface area contributed by atoms with E-state index in [2.05, 4.69) is 10.3 Å². The van der Waals surface area contributed by atoms with Crippen LogP contribution in [0.5, 0.6) is 0 Å². The zero-order valence-electron chi connectivity index (χ0n) is 17.9. The van der Waals surface area contributed by atoms with Crippen LogP contribution in [0.15, 0.2) is 60.9 Å². The Hall–Kier alpha value is -3.26. The SMILES string of the molecule is CN(C)CCN(Cc1ccccc1F)C(=O)NC(c1cccc(F)c1)c1nccn1C. The maximum atomic E-state index is 14.2. The molecule has 0 saturated heterocycles. The number of hydrogen-bond acceptors (Lipinski definition) is 3. The molecule has 0 aliphatic rings. The first-order valence-corrected chi connectivity index (χ1v) is 10.0. The second-order valence-electron chi connectivity index (χ2n) is 7.65. The smallest absolute Gasteiger partial charge is 0.318 e. The van der Waals surface area contributed by atoms with Crippen LogP contribution in [0, 0.1) is 11.6 Å². The number of benzene rings is 2. The van der Waals surface area contributed by atoms with E-state index in [9.17, 15) is 13.6 Å². The normalized spacial score (nSPS) is 12.1. The summed E-state index contributed by atoms with van der Waals surface area (Å²) in [6.45, 7) is 1.11. The quantitative estimate of drug-likeness (QED) is 0.598. The van der Waals surface area contributed by atoms with E-state index in [-0.39, 0.29) is 18.4 Å². The van der Waals surface area contributed by atoms with Crippen molar-refractivity contribution < 1.29 is 13.6 Å². The van der Waals surface area contributed by atoms with Crippen molar-refractivity contribution in [3.8, 4) is 0 Å². The molecule has 0 fully saturated rings. The molecule has 1 unspecified atom stereocenters. The van der Waals surface area contributed by atoms with E-state index < -0.39 is 11.9 Å². The van der Waals surface area contributed by atoms with Crippen LogP contribution in [-0.4, -0.2) is 52.6 Å². The summed E-state index contributed by atoms with van der Waals surface area (Å²) >= 11 is 0. The molecule has 0 aliphatic carbocycles. The summed E-state index contributed by atoms with van der Waals surface area (Å²) in [5, 5.41) is 2.96. The molecule has 0 spiro atoms. The standard InChI is InChI=1S/C23H27F2N5O/c1-28(2)13-14-30(16-18-7-4-5-10-20(18)25)23(31)27-21(22-26-11-12-29(22)3)17-8-6-9-19(24)15-17/h4-12,15,21H,13-14,16H2,1-3H3,(H,27,31). The summed E-state index contributed by atoms with van der Waals surface area (Å²) in [7, 11) is 5.62. The maximum Gasteiger partial charge on any atom is 0.318 e. The van der Waals surface area contributed by atoms with Gasteiger partial charge in [0, 0.05) is 38.1 Å². The molecule has 6 nitrogen and oxygen atoms in total. The fourth-order valence-corrected chi connectivity index (χ4v) is 3.26. The number of likely N-dealkylation sites (N-methyl/N-ethyl adjacent to an activating group) is 1. The molecule has 1 aromatic heterocycles. The highest BCUT2D eigenvalue weighted by molar-refractivity contribution is 5.75. The number of nitrogens with one attached hydrogen (secondary N) is 1. The minimum atomic E-state index is -0.661. The van der Waals surface area contributed by atoms with Crippen LogP contribution in [0.1, 0.15) is 23.0 Å². The number of imidazole rings is 1. The Morgan fingerprint density at radius 1 is 1.13 bits per heavy atom. The van der Waals surface area contributed by atoms with Crippen LogP contribution in [0.3, 0.4) is 0 Å². The summed E-state index contributed by atoms with van der Waals surface area (Å²) in [5.74, 6) is -0.199. The largest absolute Gasteiger partial charge is 0.336 e. The maximum absolute atomic E-state index is 14.2. The zero-order valence-corrected chi connectivity index (χ0v) is 17.9. The number of urea groups is 1. The minimum Gasteiger partial charge on any atom is -0.336 e. The molecule has 164 valence electrons. The molecule has 0 saturated carbocycles. The van der Waals surface area contributed by atoms with Crippen molar-refractivity contribution in [2.24, 2.45) is 7.05 Å². The molecule has 8 heteroatoms. The van der Waals surface area contributed by atoms with Crippen molar-refractivity contribution >= 4 is 6.03 Å². The van der Waals surface area contributed by atoms with Crippen LogP contribution in [0.25, 0.3) is 0 Å². The van der Waals surface area contributed by atoms with Crippen LogP contribution >= 0.6 is 0 Å². The number of amides is 2. The molecule has 0 radical (unpaired) electrons. The van der Waals surface area contributed by atoms with Gasteiger partial charge >= 0.3 is 6.03 Å². The third-order valence-electron chi connectivity index (χ3n) is 4.99. The van der Waals surface area contributed by atoms with E-state index in [1.165, 1.54) is 18.2 Å². The number of rotatable bonds is 8. The van der Waals surface area contributed by atoms with Crippen molar-refractivity contribution in [1.82, 2.24) is 24.7 Å². The first kappa shape index (κ1) is 22.4. The van der Waals surface area contributed by atoms with E-state index in [1.807, 2.05) is 26.0 Å². The van der Waals surface area contributed by atoms with Crippen molar-refractivity contribution in [3.05, 3.63) is 89.5 Å². The summed E-state index contributed by atoms with van der Waals surface area (Å²) in [4.78, 5) is 21.1. The molecule has 2 aromatic carbocycles. The van der Waals surface area contributed by atoms with Crippen molar-refractivity contribution in [2.45, 2.75) is 12.6 Å². The lowest BCUT2D eigenvalue weighted by Gasteiger charge is -2.28. The molecule has 1 heterocycles. The van der Waals surface area contributed by atoms with Crippen molar-refractivity contribution in [1.29, 1.82) is 0 Å². The zero-order chi connectivity index (χ0) is 22.4. The Labute approximate surface area is 181 Å². The summed E-state index contributed by atoms with van der Waals surface area (Å²) < 4.78 is 29.9. The van der Waals surface area contributed by atoms with Crippen LogP contribution < -0.4 is 5.32 Å². The number of nitrogens with zero attached hydrogens (tertiary/aromatic N) is 4. The fourth-order valence-electron chi connectivity index (χ4n) is 3.26. The van der Waals surface area contributed by atoms with Gasteiger partial charge in [0.25, 0.3) is 0 Å². The molecule has 1 N–H and O–H groups in total. The Balaban J connectivity index is 1.88. The number of carbonyl (C=O) groups excluding carboxylic acids is 1. The summed E-state index contributed by atoms with van der Waals surface area (Å²) in [5.41, 5.74) is 0.997. The lowest BCUT2D eigenvalue weighted by Crippen LogP contribution is -2.44. The molecule has 1 atom stereocenters. The van der Waals surface area contributed by atoms with E-state index >= 15 is 0 Å². The summed E-state index contributed by atoms with van der Waals surface area (Å²) in [6.07, 6.45) is 3.38. The lowest BCUT2D eigenvalue weighted by molar-refractivity contribution is 0.185. The van der Waals surface area contributed by atoms with Gasteiger partial charge in [-0.25, -0.2) is 18.6 Å². The third kappa shape index (κ3) is 5.88. The molecule has 3 aromatic rings. The lowest BCUT2D eigenvalue weighted by atomic mass is 10.1. The van der Waals surface area contributed by atoms with Gasteiger partial charge in [-0.2, -0.15) is 0 Å². The molecule has 31 heavy (non-hydrogen) atoms. The average molecular weight is 427 g/mol. The first-order valence-electron chi connectivity index (χ1n) is 10.0. The molecule has 0 aliphatic heterocycles.